The van der Waals surface area contributed by atoms with Crippen LogP contribution >= 0.6 is 27.5 Å². The van der Waals surface area contributed by atoms with Crippen LogP contribution < -0.4 is 14.8 Å². The van der Waals surface area contributed by atoms with Gasteiger partial charge in [0.2, 0.25) is 0 Å². The average Bonchev–Trinajstić information content (AvgIpc) is 2.54. The molecule has 2 N–H and O–H groups in total. The average molecular weight is 401 g/mol. The number of hydrogen-bond donors (Lipinski definition) is 2. The number of methoxy groups -OCH3 is 1. The van der Waals surface area contributed by atoms with Gasteiger partial charge in [0.25, 0.3) is 0 Å². The fourth-order valence-corrected chi connectivity index (χ4v) is 2.75. The van der Waals surface area contributed by atoms with Gasteiger partial charge in [-0.25, -0.2) is 0 Å². The number of aliphatic hydroxyl groups excluding tert-OH is 1. The van der Waals surface area contributed by atoms with Crippen molar-refractivity contribution in [3.63, 3.8) is 0 Å². The molecule has 0 saturated heterocycles. The molecule has 2 aromatic rings. The van der Waals surface area contributed by atoms with E-state index in [-0.39, 0.29) is 6.61 Å². The molecule has 2 rings (SSSR count). The Kier molecular flexibility index (Phi) is 7.17. The Balaban J connectivity index is 2.10. The van der Waals surface area contributed by atoms with Crippen LogP contribution in [0.25, 0.3) is 0 Å². The molecule has 0 amide bonds. The summed E-state index contributed by atoms with van der Waals surface area (Å²) in [5.74, 6) is 1.32. The van der Waals surface area contributed by atoms with Gasteiger partial charge in [0.05, 0.1) is 13.7 Å². The summed E-state index contributed by atoms with van der Waals surface area (Å²) >= 11 is 9.52. The third kappa shape index (κ3) is 5.39. The van der Waals surface area contributed by atoms with Crippen molar-refractivity contribution in [3.8, 4) is 11.5 Å². The normalized spacial score (nSPS) is 10.6. The molecule has 0 spiro atoms. The number of nitrogens with one attached hydrogen (secondary N) is 1. The topological polar surface area (TPSA) is 50.7 Å². The molecule has 0 fully saturated rings. The first-order valence-corrected chi connectivity index (χ1v) is 8.36. The lowest BCUT2D eigenvalue weighted by Gasteiger charge is -2.14. The van der Waals surface area contributed by atoms with E-state index in [9.17, 15) is 0 Å². The van der Waals surface area contributed by atoms with E-state index in [0.717, 1.165) is 15.6 Å². The largest absolute Gasteiger partial charge is 0.493 e. The first-order valence-electron chi connectivity index (χ1n) is 7.19. The first kappa shape index (κ1) is 18.1. The Morgan fingerprint density at radius 3 is 2.74 bits per heavy atom. The molecule has 0 saturated carbocycles. The van der Waals surface area contributed by atoms with E-state index in [1.807, 2.05) is 36.4 Å². The minimum Gasteiger partial charge on any atom is -0.493 e. The van der Waals surface area contributed by atoms with E-state index in [4.69, 9.17) is 26.2 Å². The summed E-state index contributed by atoms with van der Waals surface area (Å²) in [6.07, 6.45) is 0. The van der Waals surface area contributed by atoms with Crippen LogP contribution in [0.5, 0.6) is 11.5 Å². The third-order valence-corrected chi connectivity index (χ3v) is 4.19. The molecule has 0 heterocycles. The Labute approximate surface area is 149 Å². The highest BCUT2D eigenvalue weighted by atomic mass is 79.9. The maximum Gasteiger partial charge on any atom is 0.162 e. The summed E-state index contributed by atoms with van der Waals surface area (Å²) in [5.41, 5.74) is 2.02. The highest BCUT2D eigenvalue weighted by Gasteiger charge is 2.10. The molecule has 0 aliphatic rings. The SMILES string of the molecule is COc1cc(CNCCO)c(Br)cc1OCc1cccc(Cl)c1. The summed E-state index contributed by atoms with van der Waals surface area (Å²) in [4.78, 5) is 0. The fraction of sp³-hybridized carbons (Fsp3) is 0.294. The summed E-state index contributed by atoms with van der Waals surface area (Å²) < 4.78 is 12.2. The van der Waals surface area contributed by atoms with Crippen LogP contribution in [-0.2, 0) is 13.2 Å². The van der Waals surface area contributed by atoms with Gasteiger partial charge in [-0.05, 0) is 35.4 Å². The van der Waals surface area contributed by atoms with E-state index < -0.39 is 0 Å². The van der Waals surface area contributed by atoms with Crippen LogP contribution in [0.3, 0.4) is 0 Å². The van der Waals surface area contributed by atoms with Gasteiger partial charge in [0.15, 0.2) is 11.5 Å². The molecule has 124 valence electrons. The van der Waals surface area contributed by atoms with Crippen LogP contribution in [-0.4, -0.2) is 25.4 Å². The van der Waals surface area contributed by atoms with Crippen molar-refractivity contribution in [2.24, 2.45) is 0 Å². The van der Waals surface area contributed by atoms with Crippen molar-refractivity contribution in [2.45, 2.75) is 13.2 Å². The Hall–Kier alpha value is -1.27. The van der Waals surface area contributed by atoms with Crippen molar-refractivity contribution < 1.29 is 14.6 Å². The van der Waals surface area contributed by atoms with Gasteiger partial charge in [0.1, 0.15) is 6.61 Å². The van der Waals surface area contributed by atoms with Gasteiger partial charge in [-0.2, -0.15) is 0 Å². The lowest BCUT2D eigenvalue weighted by molar-refractivity contribution is 0.283. The predicted molar refractivity (Wildman–Crippen MR) is 95.3 cm³/mol. The van der Waals surface area contributed by atoms with E-state index in [0.29, 0.717) is 36.2 Å². The monoisotopic (exact) mass is 399 g/mol. The number of halogens is 2. The fourth-order valence-electron chi connectivity index (χ4n) is 2.07. The summed E-state index contributed by atoms with van der Waals surface area (Å²) in [7, 11) is 1.61. The van der Waals surface area contributed by atoms with E-state index in [1.165, 1.54) is 0 Å². The van der Waals surface area contributed by atoms with Gasteiger partial charge in [-0.3, -0.25) is 0 Å². The maximum absolute atomic E-state index is 8.83. The molecule has 4 nitrogen and oxygen atoms in total. The zero-order valence-electron chi connectivity index (χ0n) is 12.8. The molecule has 2 aromatic carbocycles. The Morgan fingerprint density at radius 1 is 1.22 bits per heavy atom. The molecule has 0 unspecified atom stereocenters. The number of aliphatic hydroxyl groups is 1. The van der Waals surface area contributed by atoms with Crippen LogP contribution in [0, 0.1) is 0 Å². The highest BCUT2D eigenvalue weighted by Crippen LogP contribution is 2.34. The van der Waals surface area contributed by atoms with Gasteiger partial charge in [0, 0.05) is 22.6 Å². The van der Waals surface area contributed by atoms with Gasteiger partial charge in [-0.15, -0.1) is 0 Å². The van der Waals surface area contributed by atoms with Gasteiger partial charge in [-0.1, -0.05) is 39.7 Å². The standard InChI is InChI=1S/C17H19BrClNO3/c1-22-16-8-13(10-20-5-6-21)15(18)9-17(16)23-11-12-3-2-4-14(19)7-12/h2-4,7-9,20-21H,5-6,10-11H2,1H3. The van der Waals surface area contributed by atoms with Crippen molar-refractivity contribution in [2.75, 3.05) is 20.3 Å². The minimum absolute atomic E-state index is 0.107. The number of rotatable bonds is 8. The maximum atomic E-state index is 8.83. The first-order chi connectivity index (χ1) is 11.1. The predicted octanol–water partition coefficient (Wildman–Crippen LogP) is 3.77. The Bertz CT molecular complexity index is 652. The van der Waals surface area contributed by atoms with Gasteiger partial charge < -0.3 is 19.9 Å². The van der Waals surface area contributed by atoms with Crippen LogP contribution in [0.4, 0.5) is 0 Å². The van der Waals surface area contributed by atoms with E-state index >= 15 is 0 Å². The lowest BCUT2D eigenvalue weighted by atomic mass is 10.2. The highest BCUT2D eigenvalue weighted by molar-refractivity contribution is 9.10. The molecular formula is C17H19BrClNO3. The molecule has 0 bridgehead atoms. The van der Waals surface area contributed by atoms with Crippen molar-refractivity contribution in [3.05, 3.63) is 57.0 Å². The molecule has 6 heteroatoms. The number of ether oxygens (including phenoxy) is 2. The van der Waals surface area contributed by atoms with Crippen LogP contribution in [0.15, 0.2) is 40.9 Å². The summed E-state index contributed by atoms with van der Waals surface area (Å²) in [6, 6.07) is 11.4. The smallest absolute Gasteiger partial charge is 0.162 e. The van der Waals surface area contributed by atoms with Crippen molar-refractivity contribution in [1.29, 1.82) is 0 Å². The Morgan fingerprint density at radius 2 is 2.04 bits per heavy atom. The minimum atomic E-state index is 0.107. The van der Waals surface area contributed by atoms with E-state index in [2.05, 4.69) is 21.2 Å². The third-order valence-electron chi connectivity index (χ3n) is 3.22. The van der Waals surface area contributed by atoms with Crippen molar-refractivity contribution >= 4 is 27.5 Å². The molecule has 0 aromatic heterocycles. The second kappa shape index (κ2) is 9.13. The van der Waals surface area contributed by atoms with Crippen LogP contribution in [0.1, 0.15) is 11.1 Å². The lowest BCUT2D eigenvalue weighted by Crippen LogP contribution is -2.17. The zero-order valence-corrected chi connectivity index (χ0v) is 15.2. The number of hydrogen-bond acceptors (Lipinski definition) is 4. The molecule has 0 aliphatic carbocycles. The molecule has 23 heavy (non-hydrogen) atoms. The van der Waals surface area contributed by atoms with Gasteiger partial charge >= 0.3 is 0 Å². The second-order valence-electron chi connectivity index (χ2n) is 4.91. The molecular weight excluding hydrogens is 382 g/mol. The van der Waals surface area contributed by atoms with E-state index in [1.54, 1.807) is 7.11 Å². The molecule has 0 atom stereocenters. The second-order valence-corrected chi connectivity index (χ2v) is 6.20. The summed E-state index contributed by atoms with van der Waals surface area (Å²) in [5, 5.41) is 12.6. The number of benzene rings is 2. The zero-order chi connectivity index (χ0) is 16.7. The molecule has 0 radical (unpaired) electrons. The molecule has 0 aliphatic heterocycles. The summed E-state index contributed by atoms with van der Waals surface area (Å²) in [6.45, 7) is 1.69. The van der Waals surface area contributed by atoms with Crippen LogP contribution in [0.2, 0.25) is 5.02 Å². The quantitative estimate of drug-likeness (QED) is 0.662. The van der Waals surface area contributed by atoms with Crippen molar-refractivity contribution in [1.82, 2.24) is 5.32 Å².